The monoisotopic (exact) mass is 457 g/mol. The van der Waals surface area contributed by atoms with Crippen molar-refractivity contribution >= 4 is 34.8 Å². The number of nitrogens with zero attached hydrogens (tertiary/aromatic N) is 2. The van der Waals surface area contributed by atoms with Crippen LogP contribution >= 0.6 is 11.6 Å². The van der Waals surface area contributed by atoms with E-state index >= 15 is 0 Å². The molecule has 1 aliphatic carbocycles. The van der Waals surface area contributed by atoms with Crippen LogP contribution in [0.2, 0.25) is 5.02 Å². The zero-order valence-electron chi connectivity index (χ0n) is 18.1. The summed E-state index contributed by atoms with van der Waals surface area (Å²) in [5.74, 6) is 0.216. The van der Waals surface area contributed by atoms with Gasteiger partial charge in [-0.2, -0.15) is 0 Å². The summed E-state index contributed by atoms with van der Waals surface area (Å²) in [5, 5.41) is 3.97. The third-order valence-electron chi connectivity index (χ3n) is 7.20. The van der Waals surface area contributed by atoms with Crippen LogP contribution in [0.3, 0.4) is 0 Å². The van der Waals surface area contributed by atoms with E-state index in [2.05, 4.69) is 11.4 Å². The molecule has 5 nitrogen and oxygen atoms in total. The zero-order chi connectivity index (χ0) is 22.6. The summed E-state index contributed by atoms with van der Waals surface area (Å²) in [6.07, 6.45) is 0.778. The van der Waals surface area contributed by atoms with Crippen molar-refractivity contribution < 1.29 is 9.59 Å². The predicted octanol–water partition coefficient (Wildman–Crippen LogP) is 4.49. The standard InChI is InChI=1S/C27H24ClN3O2/c28-20-10-8-18(9-11-20)23-17-27(23)22-6-1-2-7-24(22)31(26(27)33)21-5-3-4-19(16-21)25(32)30-14-12-29-13-15-30/h1-11,16,23,29H,12-15,17H2. The predicted molar refractivity (Wildman–Crippen MR) is 129 cm³/mol. The van der Waals surface area contributed by atoms with E-state index < -0.39 is 5.41 Å². The maximum Gasteiger partial charge on any atom is 0.254 e. The van der Waals surface area contributed by atoms with Crippen molar-refractivity contribution in [3.63, 3.8) is 0 Å². The molecule has 6 rings (SSSR count). The Morgan fingerprint density at radius 3 is 2.52 bits per heavy atom. The first-order valence-electron chi connectivity index (χ1n) is 11.4. The van der Waals surface area contributed by atoms with Crippen LogP contribution in [0, 0.1) is 0 Å². The lowest BCUT2D eigenvalue weighted by molar-refractivity contribution is -0.119. The lowest BCUT2D eigenvalue weighted by atomic mass is 9.92. The molecule has 166 valence electrons. The second-order valence-electron chi connectivity index (χ2n) is 9.03. The van der Waals surface area contributed by atoms with Crippen LogP contribution in [0.25, 0.3) is 0 Å². The van der Waals surface area contributed by atoms with Gasteiger partial charge in [0.25, 0.3) is 5.91 Å². The molecule has 2 heterocycles. The van der Waals surface area contributed by atoms with Gasteiger partial charge in [-0.25, -0.2) is 0 Å². The van der Waals surface area contributed by atoms with E-state index in [0.29, 0.717) is 23.7 Å². The Bertz CT molecular complexity index is 1250. The minimum atomic E-state index is -0.553. The van der Waals surface area contributed by atoms with Crippen LogP contribution in [0.15, 0.2) is 72.8 Å². The maximum absolute atomic E-state index is 14.0. The van der Waals surface area contributed by atoms with E-state index in [1.807, 2.05) is 71.6 Å². The number of anilines is 2. The Labute approximate surface area is 198 Å². The number of carbonyl (C=O) groups excluding carboxylic acids is 2. The number of hydrogen-bond acceptors (Lipinski definition) is 3. The van der Waals surface area contributed by atoms with Gasteiger partial charge in [-0.3, -0.25) is 14.5 Å². The van der Waals surface area contributed by atoms with Crippen molar-refractivity contribution in [2.45, 2.75) is 17.8 Å². The second-order valence-corrected chi connectivity index (χ2v) is 9.47. The Kier molecular flexibility index (Phi) is 4.78. The van der Waals surface area contributed by atoms with Crippen LogP contribution in [0.4, 0.5) is 11.4 Å². The molecule has 3 aromatic rings. The van der Waals surface area contributed by atoms with Crippen molar-refractivity contribution in [2.75, 3.05) is 31.1 Å². The molecule has 2 amide bonds. The molecule has 1 saturated heterocycles. The summed E-state index contributed by atoms with van der Waals surface area (Å²) >= 11 is 6.09. The van der Waals surface area contributed by atoms with Crippen LogP contribution in [-0.2, 0) is 10.2 Å². The number of benzene rings is 3. The zero-order valence-corrected chi connectivity index (χ0v) is 18.9. The number of hydrogen-bond donors (Lipinski definition) is 1. The Balaban J connectivity index is 1.37. The van der Waals surface area contributed by atoms with Gasteiger partial charge < -0.3 is 10.2 Å². The number of halogens is 1. The van der Waals surface area contributed by atoms with Gasteiger partial charge in [-0.05, 0) is 53.9 Å². The van der Waals surface area contributed by atoms with E-state index in [0.717, 1.165) is 42.0 Å². The van der Waals surface area contributed by atoms with E-state index in [1.54, 1.807) is 4.90 Å². The molecular formula is C27H24ClN3O2. The van der Waals surface area contributed by atoms with Gasteiger partial charge in [-0.1, -0.05) is 48.0 Å². The van der Waals surface area contributed by atoms with Crippen molar-refractivity contribution in [2.24, 2.45) is 0 Å². The van der Waals surface area contributed by atoms with Gasteiger partial charge in [0.2, 0.25) is 5.91 Å². The number of rotatable bonds is 3. The fourth-order valence-corrected chi connectivity index (χ4v) is 5.58. The molecule has 2 unspecified atom stereocenters. The largest absolute Gasteiger partial charge is 0.336 e. The smallest absolute Gasteiger partial charge is 0.254 e. The average molecular weight is 458 g/mol. The summed E-state index contributed by atoms with van der Waals surface area (Å²) in [6.45, 7) is 3.00. The molecule has 1 saturated carbocycles. The molecule has 1 spiro atoms. The van der Waals surface area contributed by atoms with Gasteiger partial charge in [0.05, 0.1) is 11.1 Å². The molecule has 2 aliphatic heterocycles. The lowest BCUT2D eigenvalue weighted by Crippen LogP contribution is -2.46. The highest BCUT2D eigenvalue weighted by Gasteiger charge is 2.67. The van der Waals surface area contributed by atoms with Gasteiger partial charge in [0.1, 0.15) is 0 Å². The van der Waals surface area contributed by atoms with E-state index in [9.17, 15) is 9.59 Å². The summed E-state index contributed by atoms with van der Waals surface area (Å²) in [7, 11) is 0. The minimum absolute atomic E-state index is 0.0125. The molecule has 1 N–H and O–H groups in total. The van der Waals surface area contributed by atoms with Crippen LogP contribution < -0.4 is 10.2 Å². The fourth-order valence-electron chi connectivity index (χ4n) is 5.45. The normalized spacial score (nSPS) is 23.7. The quantitative estimate of drug-likeness (QED) is 0.630. The highest BCUT2D eigenvalue weighted by molar-refractivity contribution is 6.30. The number of carbonyl (C=O) groups is 2. The second kappa shape index (κ2) is 7.72. The molecule has 2 fully saturated rings. The summed E-state index contributed by atoms with van der Waals surface area (Å²) in [4.78, 5) is 30.7. The van der Waals surface area contributed by atoms with Crippen LogP contribution in [0.1, 0.15) is 33.8 Å². The number of nitrogens with one attached hydrogen (secondary N) is 1. The molecule has 3 aromatic carbocycles. The third kappa shape index (κ3) is 3.18. The van der Waals surface area contributed by atoms with Crippen molar-refractivity contribution in [3.8, 4) is 0 Å². The molecule has 33 heavy (non-hydrogen) atoms. The van der Waals surface area contributed by atoms with Gasteiger partial charge in [0, 0.05) is 48.4 Å². The minimum Gasteiger partial charge on any atom is -0.336 e. The van der Waals surface area contributed by atoms with Crippen LogP contribution in [-0.4, -0.2) is 42.9 Å². The van der Waals surface area contributed by atoms with Crippen molar-refractivity contribution in [1.82, 2.24) is 10.2 Å². The highest BCUT2D eigenvalue weighted by Crippen LogP contribution is 2.67. The fraction of sp³-hybridized carbons (Fsp3) is 0.259. The molecule has 0 bridgehead atoms. The van der Waals surface area contributed by atoms with Gasteiger partial charge in [0.15, 0.2) is 0 Å². The van der Waals surface area contributed by atoms with Crippen molar-refractivity contribution in [3.05, 3.63) is 94.5 Å². The first kappa shape index (κ1) is 20.5. The first-order chi connectivity index (χ1) is 16.1. The molecular weight excluding hydrogens is 434 g/mol. The topological polar surface area (TPSA) is 52.7 Å². The summed E-state index contributed by atoms with van der Waals surface area (Å²) in [5.41, 5.74) is 3.91. The number of amides is 2. The van der Waals surface area contributed by atoms with Crippen molar-refractivity contribution in [1.29, 1.82) is 0 Å². The third-order valence-corrected chi connectivity index (χ3v) is 7.45. The molecule has 0 aromatic heterocycles. The molecule has 0 radical (unpaired) electrons. The number of para-hydroxylation sites is 1. The molecule has 6 heteroatoms. The number of fused-ring (bicyclic) bond motifs is 2. The van der Waals surface area contributed by atoms with Crippen LogP contribution in [0.5, 0.6) is 0 Å². The Hall–Kier alpha value is -3.15. The highest BCUT2D eigenvalue weighted by atomic mass is 35.5. The maximum atomic E-state index is 14.0. The molecule has 2 atom stereocenters. The van der Waals surface area contributed by atoms with Gasteiger partial charge >= 0.3 is 0 Å². The summed E-state index contributed by atoms with van der Waals surface area (Å²) < 4.78 is 0. The van der Waals surface area contributed by atoms with E-state index in [4.69, 9.17) is 11.6 Å². The van der Waals surface area contributed by atoms with E-state index in [-0.39, 0.29) is 17.7 Å². The Morgan fingerprint density at radius 2 is 1.73 bits per heavy atom. The van der Waals surface area contributed by atoms with E-state index in [1.165, 1.54) is 0 Å². The molecule has 3 aliphatic rings. The average Bonchev–Trinajstić information content (AvgIpc) is 3.56. The number of piperazine rings is 1. The SMILES string of the molecule is O=C(c1cccc(N2C(=O)C3(CC3c3ccc(Cl)cc3)c3ccccc32)c1)N1CCNCC1. The van der Waals surface area contributed by atoms with Gasteiger partial charge in [-0.15, -0.1) is 0 Å². The Morgan fingerprint density at radius 1 is 0.970 bits per heavy atom. The lowest BCUT2D eigenvalue weighted by Gasteiger charge is -2.28. The first-order valence-corrected chi connectivity index (χ1v) is 11.8. The summed E-state index contributed by atoms with van der Waals surface area (Å²) in [6, 6.07) is 23.3.